The number of halogens is 1. The lowest BCUT2D eigenvalue weighted by Crippen LogP contribution is -2.35. The van der Waals surface area contributed by atoms with Crippen LogP contribution in [0, 0.1) is 12.8 Å². The number of aromatic nitrogens is 1. The number of aryl methyl sites for hydroxylation is 1. The lowest BCUT2D eigenvalue weighted by atomic mass is 9.85. The van der Waals surface area contributed by atoms with Crippen molar-refractivity contribution >= 4 is 28.4 Å². The Hall–Kier alpha value is -1.48. The summed E-state index contributed by atoms with van der Waals surface area (Å²) in [5.74, 6) is 0.472. The molecule has 4 heteroatoms. The number of fused-ring (bicyclic) bond motifs is 1. The van der Waals surface area contributed by atoms with Crippen molar-refractivity contribution in [1.29, 1.82) is 0 Å². The molecule has 0 spiro atoms. The first-order chi connectivity index (χ1) is 9.65. The van der Waals surface area contributed by atoms with Gasteiger partial charge in [0.15, 0.2) is 0 Å². The summed E-state index contributed by atoms with van der Waals surface area (Å²) in [6.07, 6.45) is 4.13. The molecule has 3 rings (SSSR count). The van der Waals surface area contributed by atoms with Crippen LogP contribution in [0.1, 0.15) is 30.5 Å². The van der Waals surface area contributed by atoms with E-state index in [-0.39, 0.29) is 11.8 Å². The smallest absolute Gasteiger partial charge is 0.223 e. The highest BCUT2D eigenvalue weighted by molar-refractivity contribution is 6.31. The van der Waals surface area contributed by atoms with Crippen molar-refractivity contribution < 1.29 is 4.79 Å². The number of benzene rings is 1. The van der Waals surface area contributed by atoms with Crippen molar-refractivity contribution in [3.05, 3.63) is 34.5 Å². The van der Waals surface area contributed by atoms with Crippen LogP contribution in [0.4, 0.5) is 0 Å². The molecule has 1 aliphatic rings. The number of aromatic amines is 1. The quantitative estimate of drug-likeness (QED) is 0.888. The highest BCUT2D eigenvalue weighted by Crippen LogP contribution is 2.27. The lowest BCUT2D eigenvalue weighted by molar-refractivity contribution is -0.127. The van der Waals surface area contributed by atoms with Crippen LogP contribution in [0.25, 0.3) is 10.9 Å². The number of amides is 1. The Morgan fingerprint density at radius 3 is 2.95 bits per heavy atom. The van der Waals surface area contributed by atoms with E-state index in [9.17, 15) is 4.79 Å². The molecule has 106 valence electrons. The number of carbonyl (C=O) groups is 1. The van der Waals surface area contributed by atoms with E-state index in [0.717, 1.165) is 40.9 Å². The van der Waals surface area contributed by atoms with Crippen molar-refractivity contribution in [2.75, 3.05) is 6.54 Å². The summed E-state index contributed by atoms with van der Waals surface area (Å²) in [5, 5.41) is 4.95. The summed E-state index contributed by atoms with van der Waals surface area (Å²) in [5.41, 5.74) is 3.50. The van der Waals surface area contributed by atoms with Crippen LogP contribution in [0.15, 0.2) is 18.2 Å². The molecule has 20 heavy (non-hydrogen) atoms. The zero-order valence-corrected chi connectivity index (χ0v) is 12.4. The van der Waals surface area contributed by atoms with E-state index < -0.39 is 0 Å². The average Bonchev–Trinajstić information content (AvgIpc) is 2.63. The van der Waals surface area contributed by atoms with Crippen LogP contribution < -0.4 is 5.32 Å². The van der Waals surface area contributed by atoms with Gasteiger partial charge in [-0.05, 0) is 49.9 Å². The van der Waals surface area contributed by atoms with Gasteiger partial charge in [-0.3, -0.25) is 4.79 Å². The molecule has 1 amide bonds. The molecule has 1 heterocycles. The highest BCUT2D eigenvalue weighted by Gasteiger charge is 2.24. The molecule has 0 radical (unpaired) electrons. The van der Waals surface area contributed by atoms with Gasteiger partial charge in [0.05, 0.1) is 0 Å². The SMILES string of the molecule is Cc1[nH]c2ccc(Cl)cc2c1CCNC(=O)C1CCC1. The molecule has 2 aromatic rings. The van der Waals surface area contributed by atoms with E-state index in [1.165, 1.54) is 12.0 Å². The van der Waals surface area contributed by atoms with Crippen molar-refractivity contribution in [3.63, 3.8) is 0 Å². The van der Waals surface area contributed by atoms with Crippen LogP contribution in [0.3, 0.4) is 0 Å². The maximum Gasteiger partial charge on any atom is 0.223 e. The molecule has 1 aromatic heterocycles. The number of hydrogen-bond acceptors (Lipinski definition) is 1. The molecule has 1 aliphatic carbocycles. The van der Waals surface area contributed by atoms with E-state index in [1.54, 1.807) is 0 Å². The number of H-pyrrole nitrogens is 1. The third kappa shape index (κ3) is 2.55. The van der Waals surface area contributed by atoms with Gasteiger partial charge >= 0.3 is 0 Å². The summed E-state index contributed by atoms with van der Waals surface area (Å²) >= 11 is 6.07. The van der Waals surface area contributed by atoms with Gasteiger partial charge in [-0.15, -0.1) is 0 Å². The molecule has 1 saturated carbocycles. The Labute approximate surface area is 123 Å². The largest absolute Gasteiger partial charge is 0.358 e. The molecular formula is C16H19ClN2O. The van der Waals surface area contributed by atoms with Crippen molar-refractivity contribution in [3.8, 4) is 0 Å². The maximum absolute atomic E-state index is 11.8. The highest BCUT2D eigenvalue weighted by atomic mass is 35.5. The molecular weight excluding hydrogens is 272 g/mol. The van der Waals surface area contributed by atoms with Crippen LogP contribution in [0.2, 0.25) is 5.02 Å². The number of hydrogen-bond donors (Lipinski definition) is 2. The Morgan fingerprint density at radius 1 is 1.45 bits per heavy atom. The van der Waals surface area contributed by atoms with Crippen LogP contribution in [-0.4, -0.2) is 17.4 Å². The summed E-state index contributed by atoms with van der Waals surface area (Å²) in [7, 11) is 0. The number of rotatable bonds is 4. The van der Waals surface area contributed by atoms with Crippen LogP contribution in [0.5, 0.6) is 0 Å². The summed E-state index contributed by atoms with van der Waals surface area (Å²) in [4.78, 5) is 15.2. The number of nitrogens with one attached hydrogen (secondary N) is 2. The van der Waals surface area contributed by atoms with Crippen LogP contribution in [-0.2, 0) is 11.2 Å². The predicted molar refractivity (Wildman–Crippen MR) is 82.1 cm³/mol. The van der Waals surface area contributed by atoms with Gasteiger partial charge in [0, 0.05) is 34.1 Å². The number of carbonyl (C=O) groups excluding carboxylic acids is 1. The summed E-state index contributed by atoms with van der Waals surface area (Å²) in [6.45, 7) is 2.76. The Morgan fingerprint density at radius 2 is 2.25 bits per heavy atom. The summed E-state index contributed by atoms with van der Waals surface area (Å²) < 4.78 is 0. The zero-order valence-electron chi connectivity index (χ0n) is 11.6. The molecule has 0 atom stereocenters. The molecule has 0 aliphatic heterocycles. The molecule has 1 fully saturated rings. The zero-order chi connectivity index (χ0) is 14.1. The first kappa shape index (κ1) is 13.5. The molecule has 0 saturated heterocycles. The topological polar surface area (TPSA) is 44.9 Å². The van der Waals surface area contributed by atoms with Gasteiger partial charge in [0.25, 0.3) is 0 Å². The molecule has 2 N–H and O–H groups in total. The normalized spacial score (nSPS) is 15.3. The van der Waals surface area contributed by atoms with Crippen LogP contribution >= 0.6 is 11.6 Å². The molecule has 1 aromatic carbocycles. The minimum absolute atomic E-state index is 0.215. The van der Waals surface area contributed by atoms with Gasteiger partial charge in [0.2, 0.25) is 5.91 Å². The van der Waals surface area contributed by atoms with Gasteiger partial charge in [-0.2, -0.15) is 0 Å². The van der Waals surface area contributed by atoms with Gasteiger partial charge in [-0.25, -0.2) is 0 Å². The second-order valence-electron chi connectivity index (χ2n) is 5.59. The van der Waals surface area contributed by atoms with E-state index in [2.05, 4.69) is 17.2 Å². The van der Waals surface area contributed by atoms with E-state index >= 15 is 0 Å². The third-order valence-electron chi connectivity index (χ3n) is 4.23. The second-order valence-corrected chi connectivity index (χ2v) is 6.02. The standard InChI is InChI=1S/C16H19ClN2O/c1-10-13(7-8-18-16(20)11-3-2-4-11)14-9-12(17)5-6-15(14)19-10/h5-6,9,11,19H,2-4,7-8H2,1H3,(H,18,20). The van der Waals surface area contributed by atoms with Gasteiger partial charge in [0.1, 0.15) is 0 Å². The minimum Gasteiger partial charge on any atom is -0.358 e. The first-order valence-corrected chi connectivity index (χ1v) is 7.57. The monoisotopic (exact) mass is 290 g/mol. The molecule has 0 bridgehead atoms. The van der Waals surface area contributed by atoms with Crippen molar-refractivity contribution in [1.82, 2.24) is 10.3 Å². The fourth-order valence-electron chi connectivity index (χ4n) is 2.80. The average molecular weight is 291 g/mol. The lowest BCUT2D eigenvalue weighted by Gasteiger charge is -2.24. The van der Waals surface area contributed by atoms with E-state index in [4.69, 9.17) is 11.6 Å². The summed E-state index contributed by atoms with van der Waals surface area (Å²) in [6, 6.07) is 5.88. The molecule has 3 nitrogen and oxygen atoms in total. The van der Waals surface area contributed by atoms with Gasteiger partial charge in [-0.1, -0.05) is 18.0 Å². The van der Waals surface area contributed by atoms with Gasteiger partial charge < -0.3 is 10.3 Å². The maximum atomic E-state index is 11.8. The third-order valence-corrected chi connectivity index (χ3v) is 4.47. The molecule has 0 unspecified atom stereocenters. The Kier molecular flexibility index (Phi) is 3.70. The fourth-order valence-corrected chi connectivity index (χ4v) is 2.97. The first-order valence-electron chi connectivity index (χ1n) is 7.19. The Balaban J connectivity index is 1.69. The van der Waals surface area contributed by atoms with E-state index in [1.807, 2.05) is 18.2 Å². The van der Waals surface area contributed by atoms with Crippen molar-refractivity contribution in [2.24, 2.45) is 5.92 Å². The van der Waals surface area contributed by atoms with Crippen molar-refractivity contribution in [2.45, 2.75) is 32.6 Å². The minimum atomic E-state index is 0.215. The van der Waals surface area contributed by atoms with E-state index in [0.29, 0.717) is 6.54 Å². The Bertz CT molecular complexity index is 643. The second kappa shape index (κ2) is 5.49. The fraction of sp³-hybridized carbons (Fsp3) is 0.438. The predicted octanol–water partition coefficient (Wildman–Crippen LogP) is 3.59.